The standard InChI is InChI=1S/C25H31N3O3/c1-4-20(16-19-8-6-5-7-9-19)28-18(2)26-23-11-10-21(17-22(23)25(28)29)27(3)13-12-24-30-14-15-31-24/h5-11,17,20,24H,4,12-16H2,1-3H3/t20-/m1/s1. The maximum Gasteiger partial charge on any atom is 0.261 e. The third-order valence-electron chi connectivity index (χ3n) is 6.04. The molecule has 1 aliphatic heterocycles. The van der Waals surface area contributed by atoms with Gasteiger partial charge in [0.15, 0.2) is 6.29 Å². The molecule has 0 N–H and O–H groups in total. The van der Waals surface area contributed by atoms with Gasteiger partial charge in [0.1, 0.15) is 5.82 Å². The average molecular weight is 422 g/mol. The number of anilines is 1. The van der Waals surface area contributed by atoms with Crippen LogP contribution in [-0.2, 0) is 15.9 Å². The van der Waals surface area contributed by atoms with Gasteiger partial charge in [-0.05, 0) is 43.5 Å². The van der Waals surface area contributed by atoms with Crippen LogP contribution in [0.5, 0.6) is 0 Å². The molecule has 1 fully saturated rings. The van der Waals surface area contributed by atoms with E-state index in [2.05, 4.69) is 24.0 Å². The molecule has 2 heterocycles. The Bertz CT molecular complexity index is 1070. The summed E-state index contributed by atoms with van der Waals surface area (Å²) in [6, 6.07) is 16.3. The second kappa shape index (κ2) is 9.62. The topological polar surface area (TPSA) is 56.6 Å². The quantitative estimate of drug-likeness (QED) is 0.548. The minimum Gasteiger partial charge on any atom is -0.374 e. The summed E-state index contributed by atoms with van der Waals surface area (Å²) >= 11 is 0. The SMILES string of the molecule is CC[C@H](Cc1ccccc1)n1c(C)nc2ccc(N(C)CCC3OCCO3)cc2c1=O. The second-order valence-corrected chi connectivity index (χ2v) is 8.17. The van der Waals surface area contributed by atoms with Crippen molar-refractivity contribution in [1.29, 1.82) is 0 Å². The molecule has 0 spiro atoms. The Morgan fingerprint density at radius 2 is 1.90 bits per heavy atom. The molecule has 6 heteroatoms. The summed E-state index contributed by atoms with van der Waals surface area (Å²) in [4.78, 5) is 20.4. The molecule has 1 atom stereocenters. The van der Waals surface area contributed by atoms with E-state index in [1.165, 1.54) is 5.56 Å². The van der Waals surface area contributed by atoms with Gasteiger partial charge in [0, 0.05) is 31.7 Å². The predicted molar refractivity (Wildman–Crippen MR) is 124 cm³/mol. The molecule has 1 aliphatic rings. The maximum atomic E-state index is 13.5. The summed E-state index contributed by atoms with van der Waals surface area (Å²) < 4.78 is 12.9. The summed E-state index contributed by atoms with van der Waals surface area (Å²) in [6.45, 7) is 6.17. The highest BCUT2D eigenvalue weighted by atomic mass is 16.7. The van der Waals surface area contributed by atoms with Gasteiger partial charge in [-0.2, -0.15) is 0 Å². The summed E-state index contributed by atoms with van der Waals surface area (Å²) in [5.74, 6) is 0.761. The van der Waals surface area contributed by atoms with Crippen molar-refractivity contribution in [2.45, 2.75) is 45.4 Å². The van der Waals surface area contributed by atoms with Gasteiger partial charge >= 0.3 is 0 Å². The summed E-state index contributed by atoms with van der Waals surface area (Å²) in [7, 11) is 2.03. The van der Waals surface area contributed by atoms with Crippen LogP contribution in [0.25, 0.3) is 10.9 Å². The number of aromatic nitrogens is 2. The van der Waals surface area contributed by atoms with Gasteiger partial charge in [-0.25, -0.2) is 4.98 Å². The van der Waals surface area contributed by atoms with Gasteiger partial charge in [-0.1, -0.05) is 37.3 Å². The summed E-state index contributed by atoms with van der Waals surface area (Å²) in [6.07, 6.45) is 2.34. The Labute approximate surface area is 183 Å². The van der Waals surface area contributed by atoms with E-state index in [-0.39, 0.29) is 17.9 Å². The van der Waals surface area contributed by atoms with Gasteiger partial charge in [0.2, 0.25) is 0 Å². The van der Waals surface area contributed by atoms with Crippen molar-refractivity contribution in [2.75, 3.05) is 31.7 Å². The monoisotopic (exact) mass is 421 g/mol. The molecule has 164 valence electrons. The fraction of sp³-hybridized carbons (Fsp3) is 0.440. The van der Waals surface area contributed by atoms with Crippen LogP contribution in [0, 0.1) is 6.92 Å². The van der Waals surface area contributed by atoms with Crippen molar-refractivity contribution in [2.24, 2.45) is 0 Å². The van der Waals surface area contributed by atoms with E-state index in [1.54, 1.807) is 0 Å². The summed E-state index contributed by atoms with van der Waals surface area (Å²) in [5, 5.41) is 0.662. The molecule has 0 aliphatic carbocycles. The van der Waals surface area contributed by atoms with Crippen LogP contribution in [0.2, 0.25) is 0 Å². The largest absolute Gasteiger partial charge is 0.374 e. The van der Waals surface area contributed by atoms with E-state index >= 15 is 0 Å². The van der Waals surface area contributed by atoms with Crippen LogP contribution in [0.15, 0.2) is 53.3 Å². The number of aryl methyl sites for hydroxylation is 1. The lowest BCUT2D eigenvalue weighted by molar-refractivity contribution is -0.0447. The van der Waals surface area contributed by atoms with E-state index in [1.807, 2.05) is 54.9 Å². The maximum absolute atomic E-state index is 13.5. The molecule has 2 aromatic carbocycles. The minimum atomic E-state index is -0.132. The molecule has 3 aromatic rings. The Morgan fingerprint density at radius 1 is 1.16 bits per heavy atom. The molecular formula is C25H31N3O3. The Kier molecular flexibility index (Phi) is 6.68. The zero-order chi connectivity index (χ0) is 21.8. The van der Waals surface area contributed by atoms with Crippen molar-refractivity contribution in [3.05, 3.63) is 70.3 Å². The van der Waals surface area contributed by atoms with Crippen LogP contribution in [-0.4, -0.2) is 42.6 Å². The van der Waals surface area contributed by atoms with Gasteiger partial charge in [0.25, 0.3) is 5.56 Å². The number of benzene rings is 2. The number of rotatable bonds is 8. The number of fused-ring (bicyclic) bond motifs is 1. The molecule has 31 heavy (non-hydrogen) atoms. The van der Waals surface area contributed by atoms with Crippen molar-refractivity contribution in [3.8, 4) is 0 Å². The molecule has 0 unspecified atom stereocenters. The zero-order valence-corrected chi connectivity index (χ0v) is 18.6. The van der Waals surface area contributed by atoms with Crippen LogP contribution in [0.1, 0.15) is 37.2 Å². The Morgan fingerprint density at radius 3 is 2.61 bits per heavy atom. The first-order valence-corrected chi connectivity index (χ1v) is 11.1. The molecular weight excluding hydrogens is 390 g/mol. The van der Waals surface area contributed by atoms with E-state index in [9.17, 15) is 4.79 Å². The zero-order valence-electron chi connectivity index (χ0n) is 18.6. The third-order valence-corrected chi connectivity index (χ3v) is 6.04. The molecule has 0 saturated carbocycles. The summed E-state index contributed by atoms with van der Waals surface area (Å²) in [5.41, 5.74) is 3.00. The molecule has 4 rings (SSSR count). The van der Waals surface area contributed by atoms with Crippen LogP contribution in [0.4, 0.5) is 5.69 Å². The fourth-order valence-electron chi connectivity index (χ4n) is 4.27. The van der Waals surface area contributed by atoms with Crippen LogP contribution in [0.3, 0.4) is 0 Å². The van der Waals surface area contributed by atoms with Crippen molar-refractivity contribution in [3.63, 3.8) is 0 Å². The first-order chi connectivity index (χ1) is 15.1. The lowest BCUT2D eigenvalue weighted by Gasteiger charge is -2.23. The first kappa shape index (κ1) is 21.5. The highest BCUT2D eigenvalue weighted by molar-refractivity contribution is 5.81. The third kappa shape index (κ3) is 4.81. The number of ether oxygens (including phenoxy) is 2. The highest BCUT2D eigenvalue weighted by Gasteiger charge is 2.19. The minimum absolute atomic E-state index is 0.0305. The van der Waals surface area contributed by atoms with Gasteiger partial charge in [0.05, 0.1) is 24.1 Å². The van der Waals surface area contributed by atoms with Crippen molar-refractivity contribution >= 4 is 16.6 Å². The van der Waals surface area contributed by atoms with E-state index < -0.39 is 0 Å². The normalized spacial score (nSPS) is 15.5. The van der Waals surface area contributed by atoms with Gasteiger partial charge < -0.3 is 14.4 Å². The lowest BCUT2D eigenvalue weighted by Crippen LogP contribution is -2.29. The van der Waals surface area contributed by atoms with Crippen LogP contribution < -0.4 is 10.5 Å². The smallest absolute Gasteiger partial charge is 0.261 e. The van der Waals surface area contributed by atoms with Crippen LogP contribution >= 0.6 is 0 Å². The van der Waals surface area contributed by atoms with E-state index in [0.29, 0.717) is 18.6 Å². The van der Waals surface area contributed by atoms with E-state index in [0.717, 1.165) is 42.8 Å². The second-order valence-electron chi connectivity index (χ2n) is 8.17. The number of nitrogens with zero attached hydrogens (tertiary/aromatic N) is 3. The molecule has 0 bridgehead atoms. The number of hydrogen-bond donors (Lipinski definition) is 0. The molecule has 1 aromatic heterocycles. The van der Waals surface area contributed by atoms with Gasteiger partial charge in [-0.15, -0.1) is 0 Å². The fourth-order valence-corrected chi connectivity index (χ4v) is 4.27. The molecule has 0 amide bonds. The van der Waals surface area contributed by atoms with Crippen molar-refractivity contribution in [1.82, 2.24) is 9.55 Å². The van der Waals surface area contributed by atoms with Crippen molar-refractivity contribution < 1.29 is 9.47 Å². The highest BCUT2D eigenvalue weighted by Crippen LogP contribution is 2.23. The molecule has 1 saturated heterocycles. The van der Waals surface area contributed by atoms with E-state index in [4.69, 9.17) is 14.5 Å². The molecule has 0 radical (unpaired) electrons. The first-order valence-electron chi connectivity index (χ1n) is 11.1. The average Bonchev–Trinajstić information content (AvgIpc) is 3.31. The lowest BCUT2D eigenvalue weighted by atomic mass is 10.0. The van der Waals surface area contributed by atoms with Gasteiger partial charge in [-0.3, -0.25) is 9.36 Å². The Balaban J connectivity index is 1.62. The molecule has 6 nitrogen and oxygen atoms in total. The predicted octanol–water partition coefficient (Wildman–Crippen LogP) is 4.10. The number of hydrogen-bond acceptors (Lipinski definition) is 5. The Hall–Kier alpha value is -2.70.